The molecule has 1 heterocycles. The molecule has 0 atom stereocenters. The van der Waals surface area contributed by atoms with Gasteiger partial charge in [-0.1, -0.05) is 0 Å². The molecule has 18 heavy (non-hydrogen) atoms. The van der Waals surface area contributed by atoms with E-state index in [4.69, 9.17) is 9.84 Å². The Balaban J connectivity index is 1.72. The van der Waals surface area contributed by atoms with Gasteiger partial charge in [0, 0.05) is 25.1 Å². The van der Waals surface area contributed by atoms with E-state index in [1.54, 1.807) is 24.3 Å². The minimum absolute atomic E-state index is 0.142. The van der Waals surface area contributed by atoms with Crippen LogP contribution in [-0.4, -0.2) is 48.6 Å². The molecule has 1 aliphatic rings. The van der Waals surface area contributed by atoms with Crippen LogP contribution < -0.4 is 0 Å². The van der Waals surface area contributed by atoms with Crippen LogP contribution in [0.2, 0.25) is 0 Å². The fourth-order valence-electron chi connectivity index (χ4n) is 2.08. The highest BCUT2D eigenvalue weighted by Crippen LogP contribution is 2.12. The van der Waals surface area contributed by atoms with Crippen LogP contribution in [0.5, 0.6) is 5.75 Å². The average Bonchev–Trinajstić information content (AvgIpc) is 2.40. The van der Waals surface area contributed by atoms with Crippen molar-refractivity contribution in [1.82, 2.24) is 4.90 Å². The summed E-state index contributed by atoms with van der Waals surface area (Å²) in [5.74, 6) is 0.336. The quantitative estimate of drug-likeness (QED) is 0.807. The topological polar surface area (TPSA) is 49.8 Å². The lowest BCUT2D eigenvalue weighted by atomic mass is 10.1. The van der Waals surface area contributed by atoms with Gasteiger partial charge in [-0.3, -0.25) is 9.69 Å². The zero-order chi connectivity index (χ0) is 12.8. The smallest absolute Gasteiger partial charge is 0.162 e. The van der Waals surface area contributed by atoms with E-state index in [2.05, 4.69) is 4.90 Å². The average molecular weight is 249 g/mol. The summed E-state index contributed by atoms with van der Waals surface area (Å²) < 4.78 is 5.28. The molecule has 0 aromatic heterocycles. The van der Waals surface area contributed by atoms with Crippen LogP contribution in [-0.2, 0) is 4.74 Å². The summed E-state index contributed by atoms with van der Waals surface area (Å²) in [4.78, 5) is 14.2. The zero-order valence-electron chi connectivity index (χ0n) is 10.5. The monoisotopic (exact) mass is 249 g/mol. The highest BCUT2D eigenvalue weighted by atomic mass is 16.5. The number of hydrogen-bond donors (Lipinski definition) is 1. The number of benzene rings is 1. The highest BCUT2D eigenvalue weighted by molar-refractivity contribution is 5.96. The van der Waals surface area contributed by atoms with Crippen LogP contribution in [0.15, 0.2) is 24.3 Å². The third kappa shape index (κ3) is 3.82. The molecule has 1 fully saturated rings. The van der Waals surface area contributed by atoms with Crippen molar-refractivity contribution in [3.05, 3.63) is 29.8 Å². The SMILES string of the molecule is O=C(CCCN1CCOCC1)c1ccc(O)cc1. The Labute approximate surface area is 107 Å². The van der Waals surface area contributed by atoms with E-state index in [1.807, 2.05) is 0 Å². The number of nitrogens with zero attached hydrogens (tertiary/aromatic N) is 1. The number of hydrogen-bond acceptors (Lipinski definition) is 4. The van der Waals surface area contributed by atoms with Crippen LogP contribution in [0.1, 0.15) is 23.2 Å². The van der Waals surface area contributed by atoms with E-state index in [1.165, 1.54) is 0 Å². The molecule has 1 N–H and O–H groups in total. The Hall–Kier alpha value is -1.39. The maximum Gasteiger partial charge on any atom is 0.162 e. The summed E-state index contributed by atoms with van der Waals surface area (Å²) in [5, 5.41) is 9.15. The maximum absolute atomic E-state index is 11.9. The molecule has 2 rings (SSSR count). The Bertz CT molecular complexity index is 383. The highest BCUT2D eigenvalue weighted by Gasteiger charge is 2.11. The number of aromatic hydroxyl groups is 1. The third-order valence-corrected chi connectivity index (χ3v) is 3.17. The van der Waals surface area contributed by atoms with Crippen molar-refractivity contribution in [2.75, 3.05) is 32.8 Å². The first-order valence-electron chi connectivity index (χ1n) is 6.38. The van der Waals surface area contributed by atoms with E-state index >= 15 is 0 Å². The van der Waals surface area contributed by atoms with Gasteiger partial charge in [0.2, 0.25) is 0 Å². The van der Waals surface area contributed by atoms with E-state index in [0.29, 0.717) is 12.0 Å². The Morgan fingerprint density at radius 2 is 1.89 bits per heavy atom. The molecule has 1 aliphatic heterocycles. The number of rotatable bonds is 5. The van der Waals surface area contributed by atoms with Crippen molar-refractivity contribution in [2.45, 2.75) is 12.8 Å². The first-order chi connectivity index (χ1) is 8.75. The normalized spacial score (nSPS) is 16.7. The first-order valence-corrected chi connectivity index (χ1v) is 6.38. The lowest BCUT2D eigenvalue weighted by molar-refractivity contribution is 0.0371. The van der Waals surface area contributed by atoms with Gasteiger partial charge in [-0.15, -0.1) is 0 Å². The summed E-state index contributed by atoms with van der Waals surface area (Å²) in [5.41, 5.74) is 0.676. The number of ether oxygens (including phenoxy) is 1. The number of carbonyl (C=O) groups excluding carboxylic acids is 1. The number of phenols is 1. The summed E-state index contributed by atoms with van der Waals surface area (Å²) in [6.45, 7) is 4.48. The fraction of sp³-hybridized carbons (Fsp3) is 0.500. The molecular formula is C14H19NO3. The molecule has 0 bridgehead atoms. The Morgan fingerprint density at radius 1 is 1.22 bits per heavy atom. The second-order valence-corrected chi connectivity index (χ2v) is 4.53. The molecule has 0 radical (unpaired) electrons. The van der Waals surface area contributed by atoms with E-state index < -0.39 is 0 Å². The molecule has 0 spiro atoms. The van der Waals surface area contributed by atoms with Crippen LogP contribution >= 0.6 is 0 Å². The van der Waals surface area contributed by atoms with Gasteiger partial charge < -0.3 is 9.84 Å². The number of carbonyl (C=O) groups is 1. The van der Waals surface area contributed by atoms with Gasteiger partial charge in [0.15, 0.2) is 5.78 Å². The standard InChI is InChI=1S/C14H19NO3/c16-13-5-3-12(4-6-13)14(17)2-1-7-15-8-10-18-11-9-15/h3-6,16H,1-2,7-11H2. The first kappa shape index (κ1) is 13.1. The molecule has 0 unspecified atom stereocenters. The summed E-state index contributed by atoms with van der Waals surface area (Å²) in [6.07, 6.45) is 1.43. The van der Waals surface area contributed by atoms with E-state index in [9.17, 15) is 4.79 Å². The molecule has 4 heteroatoms. The molecule has 1 aromatic rings. The second-order valence-electron chi connectivity index (χ2n) is 4.53. The van der Waals surface area contributed by atoms with Crippen LogP contribution in [0.25, 0.3) is 0 Å². The number of phenolic OH excluding ortho intramolecular Hbond substituents is 1. The minimum Gasteiger partial charge on any atom is -0.508 e. The van der Waals surface area contributed by atoms with Gasteiger partial charge in [0.25, 0.3) is 0 Å². The Kier molecular flexibility index (Phi) is 4.73. The fourth-order valence-corrected chi connectivity index (χ4v) is 2.08. The second kappa shape index (κ2) is 6.52. The van der Waals surface area contributed by atoms with Crippen molar-refractivity contribution >= 4 is 5.78 Å². The van der Waals surface area contributed by atoms with Gasteiger partial charge >= 0.3 is 0 Å². The van der Waals surface area contributed by atoms with Gasteiger partial charge in [0.1, 0.15) is 5.75 Å². The van der Waals surface area contributed by atoms with Crippen molar-refractivity contribution in [3.8, 4) is 5.75 Å². The molecule has 1 saturated heterocycles. The predicted molar refractivity (Wildman–Crippen MR) is 68.9 cm³/mol. The van der Waals surface area contributed by atoms with Gasteiger partial charge in [-0.25, -0.2) is 0 Å². The molecule has 0 saturated carbocycles. The van der Waals surface area contributed by atoms with Crippen LogP contribution in [0.4, 0.5) is 0 Å². The zero-order valence-corrected chi connectivity index (χ0v) is 10.5. The van der Waals surface area contributed by atoms with Crippen molar-refractivity contribution in [1.29, 1.82) is 0 Å². The van der Waals surface area contributed by atoms with Crippen molar-refractivity contribution in [3.63, 3.8) is 0 Å². The summed E-state index contributed by atoms with van der Waals surface area (Å²) >= 11 is 0. The predicted octanol–water partition coefficient (Wildman–Crippen LogP) is 1.69. The van der Waals surface area contributed by atoms with Crippen LogP contribution in [0.3, 0.4) is 0 Å². The molecular weight excluding hydrogens is 230 g/mol. The van der Waals surface area contributed by atoms with E-state index in [-0.39, 0.29) is 11.5 Å². The summed E-state index contributed by atoms with van der Waals surface area (Å²) in [6, 6.07) is 6.45. The minimum atomic E-state index is 0.142. The van der Waals surface area contributed by atoms with Gasteiger partial charge in [-0.05, 0) is 37.2 Å². The molecule has 0 amide bonds. The van der Waals surface area contributed by atoms with Crippen molar-refractivity contribution < 1.29 is 14.6 Å². The molecule has 0 aliphatic carbocycles. The largest absolute Gasteiger partial charge is 0.508 e. The lowest BCUT2D eigenvalue weighted by Gasteiger charge is -2.26. The summed E-state index contributed by atoms with van der Waals surface area (Å²) in [7, 11) is 0. The number of Topliss-reactive ketones (excluding diaryl/α,β-unsaturated/α-hetero) is 1. The van der Waals surface area contributed by atoms with E-state index in [0.717, 1.165) is 39.3 Å². The number of ketones is 1. The van der Waals surface area contributed by atoms with Gasteiger partial charge in [-0.2, -0.15) is 0 Å². The Morgan fingerprint density at radius 3 is 2.56 bits per heavy atom. The molecule has 98 valence electrons. The third-order valence-electron chi connectivity index (χ3n) is 3.17. The van der Waals surface area contributed by atoms with Crippen LogP contribution in [0, 0.1) is 0 Å². The molecule has 1 aromatic carbocycles. The lowest BCUT2D eigenvalue weighted by Crippen LogP contribution is -2.36. The molecule has 4 nitrogen and oxygen atoms in total. The van der Waals surface area contributed by atoms with Crippen molar-refractivity contribution in [2.24, 2.45) is 0 Å². The number of morpholine rings is 1. The maximum atomic E-state index is 11.9. The van der Waals surface area contributed by atoms with Gasteiger partial charge in [0.05, 0.1) is 13.2 Å².